The average Bonchev–Trinajstić information content (AvgIpc) is 2.58. The molecule has 0 spiro atoms. The van der Waals surface area contributed by atoms with Crippen LogP contribution in [0.25, 0.3) is 20.8 Å². The van der Waals surface area contributed by atoms with Gasteiger partial charge in [0.2, 0.25) is 5.36 Å². The van der Waals surface area contributed by atoms with Gasteiger partial charge in [0.05, 0.1) is 20.8 Å². The van der Waals surface area contributed by atoms with Crippen molar-refractivity contribution in [3.05, 3.63) is 41.3 Å². The molecule has 2 aliphatic rings. The highest BCUT2D eigenvalue weighted by Gasteiger charge is 2.14. The molecule has 1 aliphatic carbocycles. The van der Waals surface area contributed by atoms with E-state index in [0.29, 0.717) is 0 Å². The number of fused-ring (bicyclic) bond motifs is 2. The molecule has 1 aliphatic heterocycles. The number of nitrogens with zero attached hydrogens (tertiary/aromatic N) is 3. The predicted molar refractivity (Wildman–Crippen MR) is 111 cm³/mol. The summed E-state index contributed by atoms with van der Waals surface area (Å²) in [6, 6.07) is 11.1. The van der Waals surface area contributed by atoms with E-state index in [-0.39, 0.29) is 24.0 Å². The summed E-state index contributed by atoms with van der Waals surface area (Å²) >= 11 is 1.84. The lowest BCUT2D eigenvalue weighted by atomic mass is 10.0. The predicted octanol–water partition coefficient (Wildman–Crippen LogP) is 1.24. The van der Waals surface area contributed by atoms with Crippen LogP contribution >= 0.6 is 11.3 Å². The van der Waals surface area contributed by atoms with Gasteiger partial charge in [0.25, 0.3) is 0 Å². The number of unbranched alkanes of at least 4 members (excludes halogenated alkanes) is 2. The second-order valence-electron chi connectivity index (χ2n) is 7.06. The second-order valence-corrected chi connectivity index (χ2v) is 8.14. The molecule has 3 nitrogen and oxygen atoms in total. The van der Waals surface area contributed by atoms with Crippen LogP contribution in [-0.4, -0.2) is 33.2 Å². The quantitative estimate of drug-likeness (QED) is 0.237. The maximum absolute atomic E-state index is 4.94. The highest BCUT2D eigenvalue weighted by Crippen LogP contribution is 2.32. The molecular weight excluding hydrogens is 453 g/mol. The zero-order valence-electron chi connectivity index (χ0n) is 16.3. The van der Waals surface area contributed by atoms with Crippen LogP contribution in [0.2, 0.25) is 0 Å². The Labute approximate surface area is 177 Å². The zero-order valence-corrected chi connectivity index (χ0v) is 19.3. The molecular formula is C21H28IN3S. The fraction of sp³-hybridized carbons (Fsp3) is 0.429. The summed E-state index contributed by atoms with van der Waals surface area (Å²) in [7, 11) is 8.42. The van der Waals surface area contributed by atoms with Gasteiger partial charge in [-0.3, -0.25) is 0 Å². The molecule has 1 heterocycles. The van der Waals surface area contributed by atoms with Gasteiger partial charge in [-0.1, -0.05) is 19.8 Å². The molecule has 0 aromatic heterocycles. The van der Waals surface area contributed by atoms with Crippen LogP contribution in [0.3, 0.4) is 0 Å². The van der Waals surface area contributed by atoms with Crippen LogP contribution in [0.5, 0.6) is 0 Å². The SMILES string of the molecule is CCCCCc1cc2nc3ccc(N(C)C)cc3sc-2cc1=[N+](C)C.[I-]. The van der Waals surface area contributed by atoms with E-state index in [1.807, 2.05) is 11.3 Å². The van der Waals surface area contributed by atoms with Gasteiger partial charge in [0.1, 0.15) is 14.1 Å². The minimum atomic E-state index is 0. The molecule has 0 atom stereocenters. The third-order valence-electron chi connectivity index (χ3n) is 4.61. The maximum Gasteiger partial charge on any atom is 0.204 e. The Morgan fingerprint density at radius 1 is 1.08 bits per heavy atom. The lowest BCUT2D eigenvalue weighted by molar-refractivity contribution is -0.00000527. The van der Waals surface area contributed by atoms with Crippen LogP contribution in [-0.2, 0) is 6.42 Å². The van der Waals surface area contributed by atoms with Crippen molar-refractivity contribution in [3.63, 3.8) is 0 Å². The summed E-state index contributed by atoms with van der Waals surface area (Å²) in [5.74, 6) is 0. The van der Waals surface area contributed by atoms with Gasteiger partial charge in [0.15, 0.2) is 0 Å². The smallest absolute Gasteiger partial charge is 0.204 e. The van der Waals surface area contributed by atoms with Crippen molar-refractivity contribution in [1.29, 1.82) is 0 Å². The van der Waals surface area contributed by atoms with E-state index in [0.717, 1.165) is 17.6 Å². The summed E-state index contributed by atoms with van der Waals surface area (Å²) in [6.07, 6.45) is 4.91. The van der Waals surface area contributed by atoms with Gasteiger partial charge in [-0.15, -0.1) is 11.3 Å². The first kappa shape index (κ1) is 21.1. The number of halogens is 1. The highest BCUT2D eigenvalue weighted by molar-refractivity contribution is 7.21. The van der Waals surface area contributed by atoms with Crippen molar-refractivity contribution >= 4 is 27.2 Å². The van der Waals surface area contributed by atoms with Crippen molar-refractivity contribution in [2.75, 3.05) is 33.1 Å². The van der Waals surface area contributed by atoms with E-state index in [2.05, 4.69) is 74.9 Å². The number of aryl methyl sites for hydroxylation is 1. The zero-order chi connectivity index (χ0) is 18.0. The largest absolute Gasteiger partial charge is 1.00 e. The third kappa shape index (κ3) is 4.55. The lowest BCUT2D eigenvalue weighted by Crippen LogP contribution is -3.00. The fourth-order valence-electron chi connectivity index (χ4n) is 3.16. The number of hydrogen-bond donors (Lipinski definition) is 0. The normalized spacial score (nSPS) is 10.8. The summed E-state index contributed by atoms with van der Waals surface area (Å²) in [5.41, 5.74) is 4.83. The number of benzene rings is 2. The molecule has 0 unspecified atom stereocenters. The summed E-state index contributed by atoms with van der Waals surface area (Å²) < 4.78 is 3.47. The molecule has 5 heteroatoms. The Balaban J connectivity index is 0.00000243. The molecule has 0 N–H and O–H groups in total. The van der Waals surface area contributed by atoms with Gasteiger partial charge >= 0.3 is 0 Å². The van der Waals surface area contributed by atoms with E-state index in [4.69, 9.17) is 4.98 Å². The van der Waals surface area contributed by atoms with Gasteiger partial charge in [-0.2, -0.15) is 0 Å². The Kier molecular flexibility index (Phi) is 7.41. The van der Waals surface area contributed by atoms with E-state index in [1.165, 1.54) is 45.4 Å². The topological polar surface area (TPSA) is 19.1 Å². The Morgan fingerprint density at radius 3 is 2.50 bits per heavy atom. The molecule has 140 valence electrons. The van der Waals surface area contributed by atoms with E-state index in [9.17, 15) is 0 Å². The number of hydrogen-bond acceptors (Lipinski definition) is 3. The standard InChI is InChI=1S/C21H28N3S.HI/c1-6-7-8-9-15-12-18-21(14-19(15)24(4)5)25-20-13-16(23(2)3)10-11-17(20)22-18;/h10-14H,6-9H2,1-5H3;1H/q+1;/p-1. The maximum atomic E-state index is 4.94. The number of aromatic nitrogens is 1. The van der Waals surface area contributed by atoms with Crippen LogP contribution in [0, 0.1) is 0 Å². The third-order valence-corrected chi connectivity index (χ3v) is 5.71. The summed E-state index contributed by atoms with van der Waals surface area (Å²) in [6.45, 7) is 2.25. The Morgan fingerprint density at radius 2 is 1.85 bits per heavy atom. The molecule has 0 amide bonds. The average molecular weight is 481 g/mol. The monoisotopic (exact) mass is 481 g/mol. The van der Waals surface area contributed by atoms with E-state index < -0.39 is 0 Å². The first-order chi connectivity index (χ1) is 12.0. The molecule has 1 aromatic rings. The van der Waals surface area contributed by atoms with E-state index in [1.54, 1.807) is 0 Å². The van der Waals surface area contributed by atoms with Crippen LogP contribution < -0.4 is 38.8 Å². The minimum Gasteiger partial charge on any atom is -1.00 e. The first-order valence-corrected chi connectivity index (χ1v) is 9.86. The van der Waals surface area contributed by atoms with Crippen LogP contribution in [0.1, 0.15) is 31.7 Å². The highest BCUT2D eigenvalue weighted by atomic mass is 127. The van der Waals surface area contributed by atoms with Crippen LogP contribution in [0.15, 0.2) is 30.3 Å². The number of rotatable bonds is 5. The first-order valence-electron chi connectivity index (χ1n) is 9.04. The molecule has 0 radical (unpaired) electrons. The minimum absolute atomic E-state index is 0. The number of anilines is 1. The molecule has 26 heavy (non-hydrogen) atoms. The van der Waals surface area contributed by atoms with Crippen molar-refractivity contribution in [1.82, 2.24) is 9.56 Å². The van der Waals surface area contributed by atoms with Crippen molar-refractivity contribution in [2.45, 2.75) is 32.6 Å². The molecule has 0 bridgehead atoms. The Hall–Kier alpha value is -1.21. The van der Waals surface area contributed by atoms with Gasteiger partial charge in [-0.25, -0.2) is 9.56 Å². The summed E-state index contributed by atoms with van der Waals surface area (Å²) in [4.78, 5) is 8.33. The van der Waals surface area contributed by atoms with Crippen molar-refractivity contribution in [2.24, 2.45) is 0 Å². The second kappa shape index (κ2) is 9.13. The molecule has 0 saturated carbocycles. The lowest BCUT2D eigenvalue weighted by Gasteiger charge is -2.14. The van der Waals surface area contributed by atoms with Crippen molar-refractivity contribution < 1.29 is 24.0 Å². The van der Waals surface area contributed by atoms with Crippen molar-refractivity contribution in [3.8, 4) is 10.6 Å². The van der Waals surface area contributed by atoms with E-state index >= 15 is 0 Å². The summed E-state index contributed by atoms with van der Waals surface area (Å²) in [5, 5.41) is 1.32. The fourth-order valence-corrected chi connectivity index (χ4v) is 4.17. The Bertz CT molecular complexity index is 926. The van der Waals surface area contributed by atoms with Gasteiger partial charge < -0.3 is 28.9 Å². The van der Waals surface area contributed by atoms with Gasteiger partial charge in [-0.05, 0) is 37.1 Å². The molecule has 0 saturated heterocycles. The molecule has 3 rings (SSSR count). The van der Waals surface area contributed by atoms with Gasteiger partial charge in [0, 0.05) is 31.4 Å². The van der Waals surface area contributed by atoms with Crippen LogP contribution in [0.4, 0.5) is 5.69 Å². The molecule has 1 aromatic carbocycles. The molecule has 0 fully saturated rings.